The van der Waals surface area contributed by atoms with Crippen molar-refractivity contribution in [3.8, 4) is 5.75 Å². The van der Waals surface area contributed by atoms with Crippen LogP contribution in [0.15, 0.2) is 48.7 Å². The first-order valence-corrected chi connectivity index (χ1v) is 9.56. The maximum absolute atomic E-state index is 12.7. The Balaban J connectivity index is 1.74. The van der Waals surface area contributed by atoms with E-state index in [1.54, 1.807) is 29.1 Å². The van der Waals surface area contributed by atoms with Crippen molar-refractivity contribution >= 4 is 28.5 Å². The number of esters is 1. The molecule has 0 saturated heterocycles. The van der Waals surface area contributed by atoms with Gasteiger partial charge in [0, 0.05) is 6.07 Å². The van der Waals surface area contributed by atoms with Crippen LogP contribution in [-0.2, 0) is 9.53 Å². The summed E-state index contributed by atoms with van der Waals surface area (Å²) in [7, 11) is 1.49. The molecule has 7 heteroatoms. The molecule has 0 bridgehead atoms. The smallest absolute Gasteiger partial charge is 0.342 e. The molecule has 0 aliphatic rings. The Labute approximate surface area is 169 Å². The summed E-state index contributed by atoms with van der Waals surface area (Å²) in [6.07, 6.45) is 1.51. The van der Waals surface area contributed by atoms with Gasteiger partial charge in [0.1, 0.15) is 17.1 Å². The maximum atomic E-state index is 12.7. The van der Waals surface area contributed by atoms with E-state index in [1.807, 2.05) is 38.1 Å². The number of ether oxygens (including phenoxy) is 2. The summed E-state index contributed by atoms with van der Waals surface area (Å²) in [4.78, 5) is 25.3. The lowest BCUT2D eigenvalue weighted by Crippen LogP contribution is -2.31. The number of benzene rings is 2. The van der Waals surface area contributed by atoms with Crippen molar-refractivity contribution in [3.63, 3.8) is 0 Å². The highest BCUT2D eigenvalue weighted by molar-refractivity contribution is 6.01. The van der Waals surface area contributed by atoms with Gasteiger partial charge in [-0.25, -0.2) is 9.48 Å². The summed E-state index contributed by atoms with van der Waals surface area (Å²) < 4.78 is 12.5. The van der Waals surface area contributed by atoms with Gasteiger partial charge in [0.25, 0.3) is 5.91 Å². The van der Waals surface area contributed by atoms with Gasteiger partial charge in [-0.1, -0.05) is 31.2 Å². The highest BCUT2D eigenvalue weighted by Gasteiger charge is 2.23. The summed E-state index contributed by atoms with van der Waals surface area (Å²) in [5.41, 5.74) is 0.274. The third kappa shape index (κ3) is 4.39. The predicted octanol–water partition coefficient (Wildman–Crippen LogP) is 4.20. The van der Waals surface area contributed by atoms with E-state index in [2.05, 4.69) is 10.4 Å². The first kappa shape index (κ1) is 20.4. The fourth-order valence-corrected chi connectivity index (χ4v) is 2.99. The number of hydrogen-bond donors (Lipinski definition) is 1. The molecule has 1 heterocycles. The molecule has 0 saturated carbocycles. The lowest BCUT2D eigenvalue weighted by atomic mass is 10.1. The lowest BCUT2D eigenvalue weighted by molar-refractivity contribution is -0.123. The molecule has 2 atom stereocenters. The summed E-state index contributed by atoms with van der Waals surface area (Å²) in [6, 6.07) is 13.0. The van der Waals surface area contributed by atoms with Crippen molar-refractivity contribution in [2.24, 2.45) is 0 Å². The van der Waals surface area contributed by atoms with E-state index in [1.165, 1.54) is 14.0 Å². The molecule has 152 valence electrons. The molecule has 0 radical (unpaired) electrons. The standard InChI is InChI=1S/C22H25N3O4/c1-5-14(2)25-20(10-11-23-25)24-21(26)15(3)29-22(27)18-12-16-8-6-7-9-17(16)13-19(18)28-4/h6-15H,5H2,1-4H3,(H,24,26)/t14-,15+/m1/s1. The Morgan fingerprint density at radius 1 is 1.14 bits per heavy atom. The van der Waals surface area contributed by atoms with Crippen LogP contribution in [0, 0.1) is 0 Å². The number of nitrogens with one attached hydrogen (secondary N) is 1. The van der Waals surface area contributed by atoms with Gasteiger partial charge in [0.05, 0.1) is 19.3 Å². The monoisotopic (exact) mass is 395 g/mol. The number of fused-ring (bicyclic) bond motifs is 1. The Morgan fingerprint density at radius 3 is 2.48 bits per heavy atom. The number of amides is 1. The van der Waals surface area contributed by atoms with Crippen LogP contribution in [-0.4, -0.2) is 34.9 Å². The van der Waals surface area contributed by atoms with E-state index in [4.69, 9.17) is 9.47 Å². The van der Waals surface area contributed by atoms with Gasteiger partial charge in [-0.05, 0) is 43.2 Å². The highest BCUT2D eigenvalue weighted by atomic mass is 16.5. The minimum atomic E-state index is -0.987. The van der Waals surface area contributed by atoms with E-state index in [9.17, 15) is 9.59 Å². The summed E-state index contributed by atoms with van der Waals surface area (Å²) in [5.74, 6) is -0.0828. The molecular weight excluding hydrogens is 370 g/mol. The number of methoxy groups -OCH3 is 1. The van der Waals surface area contributed by atoms with Crippen molar-refractivity contribution in [2.45, 2.75) is 39.3 Å². The molecule has 7 nitrogen and oxygen atoms in total. The second-order valence-electron chi connectivity index (χ2n) is 6.85. The first-order valence-electron chi connectivity index (χ1n) is 9.56. The van der Waals surface area contributed by atoms with Crippen LogP contribution in [0.1, 0.15) is 43.6 Å². The van der Waals surface area contributed by atoms with Crippen molar-refractivity contribution < 1.29 is 19.1 Å². The van der Waals surface area contributed by atoms with E-state index in [-0.39, 0.29) is 11.6 Å². The van der Waals surface area contributed by atoms with Gasteiger partial charge in [-0.3, -0.25) is 4.79 Å². The number of carbonyl (C=O) groups excluding carboxylic acids is 2. The van der Waals surface area contributed by atoms with Crippen LogP contribution in [0.25, 0.3) is 10.8 Å². The number of aromatic nitrogens is 2. The van der Waals surface area contributed by atoms with E-state index in [0.717, 1.165) is 17.2 Å². The third-order valence-electron chi connectivity index (χ3n) is 4.87. The van der Waals surface area contributed by atoms with Gasteiger partial charge in [-0.15, -0.1) is 0 Å². The minimum absolute atomic E-state index is 0.139. The number of hydrogen-bond acceptors (Lipinski definition) is 5. The van der Waals surface area contributed by atoms with Crippen LogP contribution >= 0.6 is 0 Å². The van der Waals surface area contributed by atoms with Gasteiger partial charge in [-0.2, -0.15) is 5.10 Å². The first-order chi connectivity index (χ1) is 13.9. The van der Waals surface area contributed by atoms with Crippen molar-refractivity contribution in [2.75, 3.05) is 12.4 Å². The summed E-state index contributed by atoms with van der Waals surface area (Å²) in [5, 5.41) is 8.84. The Bertz CT molecular complexity index is 1030. The van der Waals surface area contributed by atoms with Crippen LogP contribution < -0.4 is 10.1 Å². The number of nitrogens with zero attached hydrogens (tertiary/aromatic N) is 2. The van der Waals surface area contributed by atoms with Crippen molar-refractivity contribution in [1.29, 1.82) is 0 Å². The molecule has 1 N–H and O–H groups in total. The molecule has 29 heavy (non-hydrogen) atoms. The second-order valence-corrected chi connectivity index (χ2v) is 6.85. The minimum Gasteiger partial charge on any atom is -0.496 e. The van der Waals surface area contributed by atoms with Gasteiger partial charge in [0.15, 0.2) is 6.10 Å². The molecule has 1 aromatic heterocycles. The van der Waals surface area contributed by atoms with E-state index >= 15 is 0 Å². The molecule has 2 aromatic carbocycles. The van der Waals surface area contributed by atoms with Gasteiger partial charge < -0.3 is 14.8 Å². The molecule has 3 rings (SSSR count). The molecule has 1 amide bonds. The fraction of sp³-hybridized carbons (Fsp3) is 0.318. The average molecular weight is 395 g/mol. The second kappa shape index (κ2) is 8.77. The SMILES string of the molecule is CC[C@@H](C)n1nccc1NC(=O)[C@H](C)OC(=O)c1cc2ccccc2cc1OC. The van der Waals surface area contributed by atoms with Crippen LogP contribution in [0.3, 0.4) is 0 Å². The average Bonchev–Trinajstić information content (AvgIpc) is 3.19. The van der Waals surface area contributed by atoms with E-state index in [0.29, 0.717) is 11.6 Å². The molecule has 0 spiro atoms. The normalized spacial score (nSPS) is 13.0. The largest absolute Gasteiger partial charge is 0.496 e. The zero-order valence-electron chi connectivity index (χ0n) is 17.0. The quantitative estimate of drug-likeness (QED) is 0.606. The van der Waals surface area contributed by atoms with Crippen LogP contribution in [0.2, 0.25) is 0 Å². The van der Waals surface area contributed by atoms with Gasteiger partial charge >= 0.3 is 5.97 Å². The molecule has 0 fully saturated rings. The molecule has 0 unspecified atom stereocenters. The van der Waals surface area contributed by atoms with Crippen LogP contribution in [0.4, 0.5) is 5.82 Å². The highest BCUT2D eigenvalue weighted by Crippen LogP contribution is 2.27. The number of anilines is 1. The Morgan fingerprint density at radius 2 is 1.83 bits per heavy atom. The lowest BCUT2D eigenvalue weighted by Gasteiger charge is -2.17. The van der Waals surface area contributed by atoms with E-state index < -0.39 is 18.0 Å². The van der Waals surface area contributed by atoms with Crippen LogP contribution in [0.5, 0.6) is 5.75 Å². The third-order valence-corrected chi connectivity index (χ3v) is 4.87. The molecule has 3 aromatic rings. The Kier molecular flexibility index (Phi) is 6.16. The van der Waals surface area contributed by atoms with Crippen molar-refractivity contribution in [3.05, 3.63) is 54.2 Å². The topological polar surface area (TPSA) is 82.5 Å². The summed E-state index contributed by atoms with van der Waals surface area (Å²) in [6.45, 7) is 5.59. The Hall–Kier alpha value is -3.35. The number of rotatable bonds is 7. The molecule has 0 aliphatic carbocycles. The van der Waals surface area contributed by atoms with Crippen molar-refractivity contribution in [1.82, 2.24) is 9.78 Å². The van der Waals surface area contributed by atoms with Gasteiger partial charge in [0.2, 0.25) is 0 Å². The molecule has 0 aliphatic heterocycles. The summed E-state index contributed by atoms with van der Waals surface area (Å²) >= 11 is 0. The molecular formula is C22H25N3O4. The number of carbonyl (C=O) groups is 2. The predicted molar refractivity (Wildman–Crippen MR) is 111 cm³/mol. The maximum Gasteiger partial charge on any atom is 0.342 e. The fourth-order valence-electron chi connectivity index (χ4n) is 2.99. The zero-order valence-corrected chi connectivity index (χ0v) is 17.0. The zero-order chi connectivity index (χ0) is 21.0.